The van der Waals surface area contributed by atoms with Gasteiger partial charge < -0.3 is 14.5 Å². The summed E-state index contributed by atoms with van der Waals surface area (Å²) in [5.74, 6) is 0.743. The Bertz CT molecular complexity index is 860. The first kappa shape index (κ1) is 22.3. The van der Waals surface area contributed by atoms with Gasteiger partial charge in [-0.1, -0.05) is 39.3 Å². The molecule has 0 aliphatic carbocycles. The van der Waals surface area contributed by atoms with E-state index < -0.39 is 0 Å². The van der Waals surface area contributed by atoms with E-state index in [1.807, 2.05) is 43.0 Å². The van der Waals surface area contributed by atoms with Crippen LogP contribution in [-0.2, 0) is 16.0 Å². The Morgan fingerprint density at radius 2 is 1.97 bits per heavy atom. The SMILES string of the molecule is CCCCN(CC(=O)N1CCc2sccc2C1c1ccc(OC)cc1)C(=O)C(C)C. The van der Waals surface area contributed by atoms with Gasteiger partial charge in [-0.2, -0.15) is 0 Å². The van der Waals surface area contributed by atoms with Crippen molar-refractivity contribution in [3.05, 3.63) is 51.7 Å². The molecule has 0 fully saturated rings. The maximum atomic E-state index is 13.4. The minimum Gasteiger partial charge on any atom is -0.497 e. The number of thiophene rings is 1. The summed E-state index contributed by atoms with van der Waals surface area (Å²) in [6, 6.07) is 9.95. The number of fused-ring (bicyclic) bond motifs is 1. The van der Waals surface area contributed by atoms with E-state index in [1.165, 1.54) is 10.4 Å². The van der Waals surface area contributed by atoms with Crippen LogP contribution in [0.2, 0.25) is 0 Å². The van der Waals surface area contributed by atoms with E-state index in [2.05, 4.69) is 18.4 Å². The van der Waals surface area contributed by atoms with Crippen molar-refractivity contribution in [2.75, 3.05) is 26.7 Å². The van der Waals surface area contributed by atoms with Gasteiger partial charge in [-0.15, -0.1) is 11.3 Å². The summed E-state index contributed by atoms with van der Waals surface area (Å²) in [5, 5.41) is 2.10. The average Bonchev–Trinajstić information content (AvgIpc) is 3.24. The molecule has 1 atom stereocenters. The van der Waals surface area contributed by atoms with E-state index in [0.717, 1.165) is 30.6 Å². The van der Waals surface area contributed by atoms with Crippen molar-refractivity contribution in [2.45, 2.75) is 46.1 Å². The summed E-state index contributed by atoms with van der Waals surface area (Å²) >= 11 is 1.75. The number of benzene rings is 1. The number of nitrogens with zero attached hydrogens (tertiary/aromatic N) is 2. The van der Waals surface area contributed by atoms with Gasteiger partial charge in [0.2, 0.25) is 11.8 Å². The monoisotopic (exact) mass is 428 g/mol. The van der Waals surface area contributed by atoms with Crippen LogP contribution in [-0.4, -0.2) is 48.4 Å². The second kappa shape index (κ2) is 10.1. The molecule has 30 heavy (non-hydrogen) atoms. The summed E-state index contributed by atoms with van der Waals surface area (Å²) in [6.07, 6.45) is 2.76. The zero-order chi connectivity index (χ0) is 21.7. The molecule has 6 heteroatoms. The maximum absolute atomic E-state index is 13.4. The molecule has 1 aliphatic rings. The number of hydrogen-bond donors (Lipinski definition) is 0. The van der Waals surface area contributed by atoms with Gasteiger partial charge in [-0.3, -0.25) is 9.59 Å². The third-order valence-electron chi connectivity index (χ3n) is 5.63. The summed E-state index contributed by atoms with van der Waals surface area (Å²) in [6.45, 7) is 7.32. The second-order valence-electron chi connectivity index (χ2n) is 8.08. The highest BCUT2D eigenvalue weighted by Gasteiger charge is 2.34. The fourth-order valence-electron chi connectivity index (χ4n) is 3.97. The Morgan fingerprint density at radius 1 is 1.23 bits per heavy atom. The van der Waals surface area contributed by atoms with Gasteiger partial charge in [0.1, 0.15) is 5.75 Å². The fraction of sp³-hybridized carbons (Fsp3) is 0.500. The van der Waals surface area contributed by atoms with Crippen molar-refractivity contribution in [1.82, 2.24) is 9.80 Å². The predicted molar refractivity (Wildman–Crippen MR) is 121 cm³/mol. The first-order valence-electron chi connectivity index (χ1n) is 10.7. The molecule has 1 aliphatic heterocycles. The molecule has 1 aromatic carbocycles. The van der Waals surface area contributed by atoms with Crippen molar-refractivity contribution < 1.29 is 14.3 Å². The molecule has 2 aromatic rings. The largest absolute Gasteiger partial charge is 0.497 e. The summed E-state index contributed by atoms with van der Waals surface area (Å²) in [5.41, 5.74) is 2.26. The second-order valence-corrected chi connectivity index (χ2v) is 9.08. The number of rotatable bonds is 8. The van der Waals surface area contributed by atoms with Gasteiger partial charge in [0.05, 0.1) is 19.7 Å². The van der Waals surface area contributed by atoms with Crippen LogP contribution in [0.25, 0.3) is 0 Å². The topological polar surface area (TPSA) is 49.9 Å². The van der Waals surface area contributed by atoms with Gasteiger partial charge in [0.25, 0.3) is 0 Å². The van der Waals surface area contributed by atoms with Crippen LogP contribution in [0.3, 0.4) is 0 Å². The molecule has 0 radical (unpaired) electrons. The van der Waals surface area contributed by atoms with Gasteiger partial charge in [0, 0.05) is 23.9 Å². The molecule has 0 spiro atoms. The highest BCUT2D eigenvalue weighted by atomic mass is 32.1. The van der Waals surface area contributed by atoms with Crippen molar-refractivity contribution in [3.8, 4) is 5.75 Å². The van der Waals surface area contributed by atoms with Gasteiger partial charge in [-0.25, -0.2) is 0 Å². The zero-order valence-corrected chi connectivity index (χ0v) is 19.2. The molecule has 0 saturated heterocycles. The van der Waals surface area contributed by atoms with E-state index in [1.54, 1.807) is 23.3 Å². The summed E-state index contributed by atoms with van der Waals surface area (Å²) in [4.78, 5) is 31.2. The Labute approximate surface area is 183 Å². The van der Waals surface area contributed by atoms with Crippen molar-refractivity contribution in [3.63, 3.8) is 0 Å². The number of hydrogen-bond acceptors (Lipinski definition) is 4. The minimum atomic E-state index is -0.124. The number of unbranched alkanes of at least 4 members (excludes halogenated alkanes) is 1. The molecule has 1 aromatic heterocycles. The van der Waals surface area contributed by atoms with Gasteiger partial charge in [0.15, 0.2) is 0 Å². The standard InChI is InChI=1S/C24H32N2O3S/c1-5-6-13-25(24(28)17(2)3)16-22(27)26-14-11-21-20(12-15-30-21)23(26)18-7-9-19(29-4)10-8-18/h7-10,12,15,17,23H,5-6,11,13-14,16H2,1-4H3. The van der Waals surface area contributed by atoms with Crippen LogP contribution in [0, 0.1) is 5.92 Å². The normalized spacial score (nSPS) is 15.8. The molecule has 162 valence electrons. The number of carbonyl (C=O) groups is 2. The molecule has 3 rings (SSSR count). The summed E-state index contributed by atoms with van der Waals surface area (Å²) in [7, 11) is 1.65. The Morgan fingerprint density at radius 3 is 2.60 bits per heavy atom. The van der Waals surface area contributed by atoms with E-state index in [4.69, 9.17) is 4.74 Å². The molecule has 1 unspecified atom stereocenters. The quantitative estimate of drug-likeness (QED) is 0.621. The summed E-state index contributed by atoms with van der Waals surface area (Å²) < 4.78 is 5.30. The molecule has 2 amide bonds. The molecule has 2 heterocycles. The molecule has 0 N–H and O–H groups in total. The minimum absolute atomic E-state index is 0.0118. The third-order valence-corrected chi connectivity index (χ3v) is 6.63. The molecular weight excluding hydrogens is 396 g/mol. The molecule has 0 bridgehead atoms. The third kappa shape index (κ3) is 4.86. The van der Waals surface area contributed by atoms with Crippen molar-refractivity contribution in [2.24, 2.45) is 5.92 Å². The van der Waals surface area contributed by atoms with E-state index in [-0.39, 0.29) is 30.3 Å². The van der Waals surface area contributed by atoms with Gasteiger partial charge >= 0.3 is 0 Å². The molecule has 5 nitrogen and oxygen atoms in total. The van der Waals surface area contributed by atoms with Crippen molar-refractivity contribution in [1.29, 1.82) is 0 Å². The molecular formula is C24H32N2O3S. The number of ether oxygens (including phenoxy) is 1. The fourth-order valence-corrected chi connectivity index (χ4v) is 4.87. The predicted octanol–water partition coefficient (Wildman–Crippen LogP) is 4.52. The number of methoxy groups -OCH3 is 1. The first-order chi connectivity index (χ1) is 14.5. The lowest BCUT2D eigenvalue weighted by Crippen LogP contribution is -2.47. The number of amides is 2. The van der Waals surface area contributed by atoms with Gasteiger partial charge in [-0.05, 0) is 47.5 Å². The van der Waals surface area contributed by atoms with Crippen LogP contribution >= 0.6 is 11.3 Å². The lowest BCUT2D eigenvalue weighted by Gasteiger charge is -2.38. The average molecular weight is 429 g/mol. The van der Waals surface area contributed by atoms with Crippen LogP contribution in [0.1, 0.15) is 55.7 Å². The van der Waals surface area contributed by atoms with Crippen LogP contribution in [0.15, 0.2) is 35.7 Å². The van der Waals surface area contributed by atoms with E-state index >= 15 is 0 Å². The molecule has 0 saturated carbocycles. The zero-order valence-electron chi connectivity index (χ0n) is 18.4. The van der Waals surface area contributed by atoms with Crippen LogP contribution < -0.4 is 4.74 Å². The van der Waals surface area contributed by atoms with E-state index in [0.29, 0.717) is 13.1 Å². The lowest BCUT2D eigenvalue weighted by atomic mass is 9.93. The Hall–Kier alpha value is -2.34. The van der Waals surface area contributed by atoms with E-state index in [9.17, 15) is 9.59 Å². The number of carbonyl (C=O) groups excluding carboxylic acids is 2. The first-order valence-corrected chi connectivity index (χ1v) is 11.6. The Balaban J connectivity index is 1.87. The lowest BCUT2D eigenvalue weighted by molar-refractivity contribution is -0.143. The van der Waals surface area contributed by atoms with Crippen molar-refractivity contribution >= 4 is 23.2 Å². The highest BCUT2D eigenvalue weighted by molar-refractivity contribution is 7.10. The Kier molecular flexibility index (Phi) is 7.53. The smallest absolute Gasteiger partial charge is 0.242 e. The van der Waals surface area contributed by atoms with Crippen LogP contribution in [0.4, 0.5) is 0 Å². The van der Waals surface area contributed by atoms with Crippen LogP contribution in [0.5, 0.6) is 5.75 Å². The maximum Gasteiger partial charge on any atom is 0.242 e. The highest BCUT2D eigenvalue weighted by Crippen LogP contribution is 2.38.